The number of benzene rings is 2. The van der Waals surface area contributed by atoms with E-state index in [-0.39, 0.29) is 11.5 Å². The van der Waals surface area contributed by atoms with E-state index in [1.165, 1.54) is 0 Å². The predicted octanol–water partition coefficient (Wildman–Crippen LogP) is 2.95. The maximum atomic E-state index is 11.0. The first-order valence-electron chi connectivity index (χ1n) is 6.80. The number of nitrogens with zero attached hydrogens (tertiary/aromatic N) is 2. The Morgan fingerprint density at radius 1 is 0.952 bits per heavy atom. The van der Waals surface area contributed by atoms with Crippen LogP contribution in [0.3, 0.4) is 0 Å². The quantitative estimate of drug-likeness (QED) is 0.419. The Labute approximate surface area is 122 Å². The standard InChI is InChI=1S/C17H15N2O2/c20-19(21)13-17-16-9-5-4-8-15(16)10-11-18(17)12-14-6-2-1-3-7-14/h1-11H,12-13H2/q+1. The van der Waals surface area contributed by atoms with E-state index in [4.69, 9.17) is 0 Å². The lowest BCUT2D eigenvalue weighted by Gasteiger charge is -2.05. The van der Waals surface area contributed by atoms with Crippen molar-refractivity contribution >= 4 is 10.8 Å². The summed E-state index contributed by atoms with van der Waals surface area (Å²) in [7, 11) is 0. The molecule has 1 aromatic heterocycles. The topological polar surface area (TPSA) is 47.0 Å². The molecule has 0 amide bonds. The third kappa shape index (κ3) is 2.89. The highest BCUT2D eigenvalue weighted by atomic mass is 16.6. The van der Waals surface area contributed by atoms with Crippen LogP contribution in [-0.4, -0.2) is 4.92 Å². The second-order valence-electron chi connectivity index (χ2n) is 4.95. The van der Waals surface area contributed by atoms with Gasteiger partial charge < -0.3 is 0 Å². The molecule has 0 atom stereocenters. The van der Waals surface area contributed by atoms with Crippen LogP contribution in [0.25, 0.3) is 10.8 Å². The highest BCUT2D eigenvalue weighted by Crippen LogP contribution is 2.16. The fourth-order valence-electron chi connectivity index (χ4n) is 2.55. The normalized spacial score (nSPS) is 10.7. The number of hydrogen-bond donors (Lipinski definition) is 0. The van der Waals surface area contributed by atoms with Gasteiger partial charge in [-0.2, -0.15) is 4.57 Å². The van der Waals surface area contributed by atoms with Crippen LogP contribution in [0, 0.1) is 10.1 Å². The maximum absolute atomic E-state index is 11.0. The van der Waals surface area contributed by atoms with Crippen LogP contribution in [0.15, 0.2) is 66.9 Å². The van der Waals surface area contributed by atoms with Gasteiger partial charge in [-0.3, -0.25) is 10.1 Å². The molecule has 0 aliphatic carbocycles. The van der Waals surface area contributed by atoms with Crippen molar-refractivity contribution in [2.24, 2.45) is 0 Å². The zero-order chi connectivity index (χ0) is 14.7. The van der Waals surface area contributed by atoms with Crippen LogP contribution >= 0.6 is 0 Å². The third-order valence-corrected chi connectivity index (χ3v) is 3.53. The number of nitro groups is 1. The third-order valence-electron chi connectivity index (χ3n) is 3.53. The first-order valence-corrected chi connectivity index (χ1v) is 6.80. The maximum Gasteiger partial charge on any atom is 0.286 e. The lowest BCUT2D eigenvalue weighted by atomic mass is 10.1. The van der Waals surface area contributed by atoms with Gasteiger partial charge in [-0.1, -0.05) is 48.5 Å². The van der Waals surface area contributed by atoms with E-state index in [9.17, 15) is 10.1 Å². The van der Waals surface area contributed by atoms with Gasteiger partial charge in [-0.15, -0.1) is 0 Å². The summed E-state index contributed by atoms with van der Waals surface area (Å²) in [4.78, 5) is 10.7. The molecule has 0 radical (unpaired) electrons. The molecule has 0 bridgehead atoms. The van der Waals surface area contributed by atoms with E-state index >= 15 is 0 Å². The van der Waals surface area contributed by atoms with E-state index in [0.717, 1.165) is 22.0 Å². The summed E-state index contributed by atoms with van der Waals surface area (Å²) in [6, 6.07) is 19.7. The number of pyridine rings is 1. The minimum atomic E-state index is -0.275. The second-order valence-corrected chi connectivity index (χ2v) is 4.95. The van der Waals surface area contributed by atoms with Crippen molar-refractivity contribution in [3.8, 4) is 0 Å². The summed E-state index contributed by atoms with van der Waals surface area (Å²) in [5.74, 6) is 0. The summed E-state index contributed by atoms with van der Waals surface area (Å²) in [5, 5.41) is 13.0. The van der Waals surface area contributed by atoms with Crippen LogP contribution in [0.2, 0.25) is 0 Å². The van der Waals surface area contributed by atoms with E-state index < -0.39 is 0 Å². The molecule has 104 valence electrons. The molecule has 21 heavy (non-hydrogen) atoms. The van der Waals surface area contributed by atoms with Gasteiger partial charge >= 0.3 is 0 Å². The highest BCUT2D eigenvalue weighted by Gasteiger charge is 2.20. The van der Waals surface area contributed by atoms with E-state index in [0.29, 0.717) is 6.54 Å². The van der Waals surface area contributed by atoms with E-state index in [1.54, 1.807) is 0 Å². The van der Waals surface area contributed by atoms with Gasteiger partial charge in [0, 0.05) is 16.6 Å². The average molecular weight is 279 g/mol. The van der Waals surface area contributed by atoms with Crippen molar-refractivity contribution in [2.75, 3.05) is 0 Å². The molecule has 0 fully saturated rings. The lowest BCUT2D eigenvalue weighted by molar-refractivity contribution is -0.707. The zero-order valence-electron chi connectivity index (χ0n) is 11.5. The van der Waals surface area contributed by atoms with E-state index in [2.05, 4.69) is 0 Å². The summed E-state index contributed by atoms with van der Waals surface area (Å²) in [6.45, 7) is 0.461. The first-order chi connectivity index (χ1) is 10.2. The number of rotatable bonds is 4. The second kappa shape index (κ2) is 5.71. The van der Waals surface area contributed by atoms with Gasteiger partial charge in [0.05, 0.1) is 5.39 Å². The van der Waals surface area contributed by atoms with Crippen molar-refractivity contribution in [1.29, 1.82) is 0 Å². The minimum Gasteiger partial charge on any atom is -0.264 e. The molecule has 0 saturated heterocycles. The van der Waals surface area contributed by atoms with Crippen molar-refractivity contribution in [1.82, 2.24) is 0 Å². The first kappa shape index (κ1) is 13.2. The van der Waals surface area contributed by atoms with Gasteiger partial charge in [0.25, 0.3) is 12.2 Å². The van der Waals surface area contributed by atoms with Crippen molar-refractivity contribution in [2.45, 2.75) is 13.1 Å². The Kier molecular flexibility index (Phi) is 3.60. The zero-order valence-corrected chi connectivity index (χ0v) is 11.5. The Balaban J connectivity index is 2.10. The lowest BCUT2D eigenvalue weighted by Crippen LogP contribution is -2.39. The molecule has 1 heterocycles. The minimum absolute atomic E-state index is 0.172. The smallest absolute Gasteiger partial charge is 0.264 e. The average Bonchev–Trinajstić information content (AvgIpc) is 2.50. The van der Waals surface area contributed by atoms with Gasteiger partial charge in [-0.05, 0) is 11.5 Å². The van der Waals surface area contributed by atoms with Crippen LogP contribution in [0.5, 0.6) is 0 Å². The van der Waals surface area contributed by atoms with Gasteiger partial charge in [-0.25, -0.2) is 0 Å². The van der Waals surface area contributed by atoms with E-state index in [1.807, 2.05) is 71.4 Å². The van der Waals surface area contributed by atoms with Crippen molar-refractivity contribution in [3.63, 3.8) is 0 Å². The fourth-order valence-corrected chi connectivity index (χ4v) is 2.55. The van der Waals surface area contributed by atoms with Crippen LogP contribution < -0.4 is 4.57 Å². The molecule has 3 aromatic rings. The highest BCUT2D eigenvalue weighted by molar-refractivity contribution is 5.83. The van der Waals surface area contributed by atoms with Crippen molar-refractivity contribution in [3.05, 3.63) is 88.2 Å². The molecular weight excluding hydrogens is 264 g/mol. The van der Waals surface area contributed by atoms with Gasteiger partial charge in [0.1, 0.15) is 0 Å². The summed E-state index contributed by atoms with van der Waals surface area (Å²) in [6.07, 6.45) is 1.92. The fraction of sp³-hybridized carbons (Fsp3) is 0.118. The molecule has 0 unspecified atom stereocenters. The molecular formula is C17H15N2O2+. The molecule has 0 aliphatic heterocycles. The van der Waals surface area contributed by atoms with Crippen LogP contribution in [0.1, 0.15) is 11.3 Å². The summed E-state index contributed by atoms with van der Waals surface area (Å²) < 4.78 is 1.96. The van der Waals surface area contributed by atoms with Crippen LogP contribution in [-0.2, 0) is 13.1 Å². The molecule has 3 rings (SSSR count). The predicted molar refractivity (Wildman–Crippen MR) is 80.4 cm³/mol. The molecule has 0 spiro atoms. The Morgan fingerprint density at radius 3 is 2.43 bits per heavy atom. The van der Waals surface area contributed by atoms with Crippen molar-refractivity contribution < 1.29 is 9.49 Å². The largest absolute Gasteiger partial charge is 0.286 e. The van der Waals surface area contributed by atoms with Gasteiger partial charge in [0.2, 0.25) is 0 Å². The molecule has 4 nitrogen and oxygen atoms in total. The summed E-state index contributed by atoms with van der Waals surface area (Å²) >= 11 is 0. The van der Waals surface area contributed by atoms with Gasteiger partial charge in [0.15, 0.2) is 12.7 Å². The Hall–Kier alpha value is -2.75. The number of fused-ring (bicyclic) bond motifs is 1. The molecule has 2 aromatic carbocycles. The molecule has 0 aliphatic rings. The number of aromatic nitrogens is 1. The summed E-state index contributed by atoms with van der Waals surface area (Å²) in [5.41, 5.74) is 1.87. The molecule has 4 heteroatoms. The SMILES string of the molecule is O=[N+]([O-])Cc1c2ccccc2cc[n+]1Cc1ccccc1. The van der Waals surface area contributed by atoms with Crippen LogP contribution in [0.4, 0.5) is 0 Å². The Morgan fingerprint density at radius 2 is 1.67 bits per heavy atom. The molecule has 0 N–H and O–H groups in total. The molecule has 0 saturated carbocycles. The Bertz CT molecular complexity index is 785. The monoisotopic (exact) mass is 279 g/mol. The number of hydrogen-bond acceptors (Lipinski definition) is 2.